The third-order valence-electron chi connectivity index (χ3n) is 2.88. The van der Waals surface area contributed by atoms with Gasteiger partial charge in [-0.2, -0.15) is 0 Å². The van der Waals surface area contributed by atoms with E-state index in [1.165, 1.54) is 11.3 Å². The molecule has 0 saturated heterocycles. The SMILES string of the molecule is Cc1ccc(-c2nc(C(C)C)sc2C(=O)O)cc1N. The summed E-state index contributed by atoms with van der Waals surface area (Å²) >= 11 is 1.23. The number of hydrogen-bond donors (Lipinski definition) is 2. The molecular formula is C14H16N2O2S. The first-order valence-corrected chi connectivity index (χ1v) is 6.82. The van der Waals surface area contributed by atoms with Gasteiger partial charge >= 0.3 is 5.97 Å². The summed E-state index contributed by atoms with van der Waals surface area (Å²) in [5.74, 6) is -0.738. The molecule has 0 bridgehead atoms. The summed E-state index contributed by atoms with van der Waals surface area (Å²) in [5, 5.41) is 10.1. The number of thiazole rings is 1. The number of carbonyl (C=O) groups is 1. The second kappa shape index (κ2) is 5.01. The Labute approximate surface area is 115 Å². The van der Waals surface area contributed by atoms with Gasteiger partial charge in [0.1, 0.15) is 4.88 Å². The summed E-state index contributed by atoms with van der Waals surface area (Å²) in [7, 11) is 0. The molecule has 100 valence electrons. The molecule has 0 radical (unpaired) electrons. The number of aromatic nitrogens is 1. The van der Waals surface area contributed by atoms with Crippen molar-refractivity contribution in [3.63, 3.8) is 0 Å². The highest BCUT2D eigenvalue weighted by atomic mass is 32.1. The number of nitrogens with two attached hydrogens (primary N) is 1. The summed E-state index contributed by atoms with van der Waals surface area (Å²) in [6.07, 6.45) is 0. The van der Waals surface area contributed by atoms with Crippen molar-refractivity contribution < 1.29 is 9.90 Å². The van der Waals surface area contributed by atoms with Crippen LogP contribution in [-0.2, 0) is 0 Å². The summed E-state index contributed by atoms with van der Waals surface area (Å²) in [5.41, 5.74) is 8.76. The van der Waals surface area contributed by atoms with Crippen LogP contribution < -0.4 is 5.73 Å². The lowest BCUT2D eigenvalue weighted by Gasteiger charge is -2.03. The second-order valence-electron chi connectivity index (χ2n) is 4.76. The monoisotopic (exact) mass is 276 g/mol. The highest BCUT2D eigenvalue weighted by Gasteiger charge is 2.20. The smallest absolute Gasteiger partial charge is 0.348 e. The van der Waals surface area contributed by atoms with Crippen molar-refractivity contribution in [1.29, 1.82) is 0 Å². The topological polar surface area (TPSA) is 76.2 Å². The van der Waals surface area contributed by atoms with Gasteiger partial charge in [-0.15, -0.1) is 11.3 Å². The van der Waals surface area contributed by atoms with Crippen LogP contribution in [0.5, 0.6) is 0 Å². The Morgan fingerprint density at radius 2 is 2.11 bits per heavy atom. The summed E-state index contributed by atoms with van der Waals surface area (Å²) in [4.78, 5) is 16.0. The maximum Gasteiger partial charge on any atom is 0.348 e. The lowest BCUT2D eigenvalue weighted by atomic mass is 10.1. The number of rotatable bonds is 3. The van der Waals surface area contributed by atoms with E-state index in [4.69, 9.17) is 5.73 Å². The van der Waals surface area contributed by atoms with Crippen molar-refractivity contribution in [2.75, 3.05) is 5.73 Å². The number of carboxylic acids is 1. The number of carboxylic acid groups (broad SMARTS) is 1. The Balaban J connectivity index is 2.59. The molecule has 0 atom stereocenters. The van der Waals surface area contributed by atoms with Gasteiger partial charge in [0.05, 0.1) is 10.7 Å². The van der Waals surface area contributed by atoms with Crippen molar-refractivity contribution in [2.24, 2.45) is 0 Å². The van der Waals surface area contributed by atoms with Crippen LogP contribution in [0.3, 0.4) is 0 Å². The number of anilines is 1. The maximum atomic E-state index is 11.3. The Bertz CT molecular complexity index is 632. The zero-order valence-electron chi connectivity index (χ0n) is 11.1. The van der Waals surface area contributed by atoms with E-state index >= 15 is 0 Å². The number of nitrogen functional groups attached to an aromatic ring is 1. The van der Waals surface area contributed by atoms with Crippen LogP contribution in [-0.4, -0.2) is 16.1 Å². The summed E-state index contributed by atoms with van der Waals surface area (Å²) in [6, 6.07) is 5.52. The van der Waals surface area contributed by atoms with E-state index in [-0.39, 0.29) is 10.8 Å². The third-order valence-corrected chi connectivity index (χ3v) is 4.23. The molecule has 5 heteroatoms. The molecule has 0 fully saturated rings. The van der Waals surface area contributed by atoms with Crippen LogP contribution >= 0.6 is 11.3 Å². The molecule has 0 saturated carbocycles. The standard InChI is InChI=1S/C14H16N2O2S/c1-7(2)13-16-11(12(19-13)14(17)18)9-5-4-8(3)10(15)6-9/h4-7H,15H2,1-3H3,(H,17,18). The van der Waals surface area contributed by atoms with Gasteiger partial charge in [-0.25, -0.2) is 9.78 Å². The Hall–Kier alpha value is -1.88. The van der Waals surface area contributed by atoms with Crippen molar-refractivity contribution in [2.45, 2.75) is 26.7 Å². The van der Waals surface area contributed by atoms with Gasteiger partial charge in [0.15, 0.2) is 0 Å². The van der Waals surface area contributed by atoms with Crippen LogP contribution in [0.25, 0.3) is 11.3 Å². The fraction of sp³-hybridized carbons (Fsp3) is 0.286. The fourth-order valence-electron chi connectivity index (χ4n) is 1.71. The van der Waals surface area contributed by atoms with E-state index in [0.29, 0.717) is 11.4 Å². The zero-order chi connectivity index (χ0) is 14.2. The van der Waals surface area contributed by atoms with Crippen LogP contribution in [0.2, 0.25) is 0 Å². The minimum absolute atomic E-state index is 0.208. The third kappa shape index (κ3) is 2.61. The predicted octanol–water partition coefficient (Wildman–Crippen LogP) is 3.52. The molecule has 1 aromatic heterocycles. The average molecular weight is 276 g/mol. The van der Waals surface area contributed by atoms with E-state index in [1.54, 1.807) is 6.07 Å². The largest absolute Gasteiger partial charge is 0.477 e. The molecule has 0 aliphatic heterocycles. The fourth-order valence-corrected chi connectivity index (χ4v) is 2.64. The van der Waals surface area contributed by atoms with E-state index in [2.05, 4.69) is 4.98 Å². The minimum atomic E-state index is -0.946. The number of hydrogen-bond acceptors (Lipinski definition) is 4. The first-order valence-electron chi connectivity index (χ1n) is 6.00. The van der Waals surface area contributed by atoms with Crippen molar-refractivity contribution in [3.05, 3.63) is 33.6 Å². The summed E-state index contributed by atoms with van der Waals surface area (Å²) in [6.45, 7) is 5.91. The number of benzene rings is 1. The second-order valence-corrected chi connectivity index (χ2v) is 5.79. The number of nitrogens with zero attached hydrogens (tertiary/aromatic N) is 1. The molecule has 4 nitrogen and oxygen atoms in total. The van der Waals surface area contributed by atoms with E-state index in [0.717, 1.165) is 16.1 Å². The van der Waals surface area contributed by atoms with Crippen LogP contribution in [0.4, 0.5) is 5.69 Å². The first-order chi connectivity index (χ1) is 8.90. The maximum absolute atomic E-state index is 11.3. The van der Waals surface area contributed by atoms with Crippen LogP contribution in [0.1, 0.15) is 40.0 Å². The Morgan fingerprint density at radius 3 is 2.63 bits per heavy atom. The van der Waals surface area contributed by atoms with Crippen LogP contribution in [0, 0.1) is 6.92 Å². The lowest BCUT2D eigenvalue weighted by Crippen LogP contribution is -1.97. The molecule has 1 aromatic carbocycles. The van der Waals surface area contributed by atoms with Gasteiger partial charge in [0, 0.05) is 17.2 Å². The van der Waals surface area contributed by atoms with Gasteiger partial charge in [-0.05, 0) is 18.6 Å². The predicted molar refractivity (Wildman–Crippen MR) is 77.7 cm³/mol. The first kappa shape index (κ1) is 13.5. The van der Waals surface area contributed by atoms with Crippen molar-refractivity contribution >= 4 is 23.0 Å². The van der Waals surface area contributed by atoms with Gasteiger partial charge < -0.3 is 10.8 Å². The van der Waals surface area contributed by atoms with E-state index in [9.17, 15) is 9.90 Å². The number of aryl methyl sites for hydroxylation is 1. The van der Waals surface area contributed by atoms with Gasteiger partial charge in [-0.1, -0.05) is 26.0 Å². The minimum Gasteiger partial charge on any atom is -0.477 e. The molecule has 0 amide bonds. The van der Waals surface area contributed by atoms with Gasteiger partial charge in [0.25, 0.3) is 0 Å². The Morgan fingerprint density at radius 1 is 1.42 bits per heavy atom. The molecule has 19 heavy (non-hydrogen) atoms. The zero-order valence-corrected chi connectivity index (χ0v) is 11.9. The Kier molecular flexibility index (Phi) is 3.57. The molecule has 1 heterocycles. The molecule has 3 N–H and O–H groups in total. The summed E-state index contributed by atoms with van der Waals surface area (Å²) < 4.78 is 0. The van der Waals surface area contributed by atoms with E-state index < -0.39 is 5.97 Å². The quantitative estimate of drug-likeness (QED) is 0.841. The van der Waals surface area contributed by atoms with E-state index in [1.807, 2.05) is 32.9 Å². The average Bonchev–Trinajstić information content (AvgIpc) is 2.78. The van der Waals surface area contributed by atoms with Crippen LogP contribution in [0.15, 0.2) is 18.2 Å². The van der Waals surface area contributed by atoms with Crippen molar-refractivity contribution in [3.8, 4) is 11.3 Å². The molecule has 0 unspecified atom stereocenters. The van der Waals surface area contributed by atoms with Gasteiger partial charge in [-0.3, -0.25) is 0 Å². The normalized spacial score (nSPS) is 10.9. The molecule has 0 aliphatic rings. The number of aromatic carboxylic acids is 1. The molecule has 0 aliphatic carbocycles. The molecular weight excluding hydrogens is 260 g/mol. The van der Waals surface area contributed by atoms with Gasteiger partial charge in [0.2, 0.25) is 0 Å². The molecule has 2 rings (SSSR count). The van der Waals surface area contributed by atoms with Crippen molar-refractivity contribution in [1.82, 2.24) is 4.98 Å². The molecule has 0 spiro atoms. The highest BCUT2D eigenvalue weighted by Crippen LogP contribution is 2.33. The highest BCUT2D eigenvalue weighted by molar-refractivity contribution is 7.14. The molecule has 2 aromatic rings. The lowest BCUT2D eigenvalue weighted by molar-refractivity contribution is 0.0702.